The van der Waals surface area contributed by atoms with Gasteiger partial charge < -0.3 is 4.57 Å². The fourth-order valence-corrected chi connectivity index (χ4v) is 10.0. The average molecular weight is 745 g/mol. The summed E-state index contributed by atoms with van der Waals surface area (Å²) in [7, 11) is 0. The van der Waals surface area contributed by atoms with E-state index < -0.39 is 0 Å². The van der Waals surface area contributed by atoms with E-state index >= 15 is 0 Å². The van der Waals surface area contributed by atoms with Crippen LogP contribution in [-0.2, 0) is 0 Å². The maximum atomic E-state index is 5.37. The first-order valence-electron chi connectivity index (χ1n) is 19.3. The predicted octanol–water partition coefficient (Wildman–Crippen LogP) is 14.0. The highest BCUT2D eigenvalue weighted by Gasteiger charge is 2.23. The topological polar surface area (TPSA) is 35.6 Å². The Morgan fingerprint density at radius 3 is 1.63 bits per heavy atom. The molecule has 0 aliphatic carbocycles. The Bertz CT molecular complexity index is 3500. The fraction of sp³-hybridized carbons (Fsp3) is 0. The lowest BCUT2D eigenvalue weighted by atomic mass is 10.0. The van der Waals surface area contributed by atoms with Gasteiger partial charge in [-0.1, -0.05) is 152 Å². The van der Waals surface area contributed by atoms with Gasteiger partial charge in [0.05, 0.1) is 38.1 Å². The van der Waals surface area contributed by atoms with Crippen LogP contribution in [0.15, 0.2) is 194 Å². The highest BCUT2D eigenvalue weighted by Crippen LogP contribution is 2.45. The van der Waals surface area contributed by atoms with Crippen molar-refractivity contribution in [2.75, 3.05) is 0 Å². The Morgan fingerprint density at radius 2 is 0.912 bits per heavy atom. The zero-order chi connectivity index (χ0) is 37.5. The molecule has 0 fully saturated rings. The van der Waals surface area contributed by atoms with Crippen LogP contribution >= 0.6 is 11.3 Å². The molecule has 266 valence electrons. The summed E-state index contributed by atoms with van der Waals surface area (Å²) in [4.78, 5) is 10.6. The van der Waals surface area contributed by atoms with Gasteiger partial charge in [0, 0.05) is 54.2 Å². The fourth-order valence-electron chi connectivity index (χ4n) is 8.81. The van der Waals surface area contributed by atoms with Gasteiger partial charge in [0.25, 0.3) is 0 Å². The second kappa shape index (κ2) is 12.6. The van der Waals surface area contributed by atoms with Gasteiger partial charge >= 0.3 is 0 Å². The lowest BCUT2D eigenvalue weighted by Crippen LogP contribution is -2.02. The van der Waals surface area contributed by atoms with Crippen molar-refractivity contribution in [3.63, 3.8) is 0 Å². The molecular formula is C52H32N4S. The van der Waals surface area contributed by atoms with Crippen LogP contribution in [0.3, 0.4) is 0 Å². The third-order valence-corrected chi connectivity index (χ3v) is 12.6. The van der Waals surface area contributed by atoms with Crippen LogP contribution in [0.1, 0.15) is 0 Å². The SMILES string of the molecule is c1ccc(-c2ccc(-c3nc(-c4ccccc4)cc(-n4c5ccccc5c5c6c7ccccc7n(-c7cccc8c7sc7ccccc78)c6ccc54)n3)cc2)cc1. The molecule has 0 bridgehead atoms. The lowest BCUT2D eigenvalue weighted by molar-refractivity contribution is 1.05. The monoisotopic (exact) mass is 744 g/mol. The van der Waals surface area contributed by atoms with E-state index in [0.29, 0.717) is 5.82 Å². The van der Waals surface area contributed by atoms with E-state index in [-0.39, 0.29) is 0 Å². The summed E-state index contributed by atoms with van der Waals surface area (Å²) in [5.74, 6) is 1.52. The minimum Gasteiger partial charge on any atom is -0.308 e. The van der Waals surface area contributed by atoms with E-state index in [1.807, 2.05) is 23.5 Å². The van der Waals surface area contributed by atoms with Crippen molar-refractivity contribution in [1.29, 1.82) is 0 Å². The zero-order valence-corrected chi connectivity index (χ0v) is 31.5. The van der Waals surface area contributed by atoms with Crippen molar-refractivity contribution >= 4 is 75.1 Å². The molecule has 0 N–H and O–H groups in total. The van der Waals surface area contributed by atoms with Gasteiger partial charge in [-0.05, 0) is 47.5 Å². The molecule has 0 aliphatic rings. The smallest absolute Gasteiger partial charge is 0.162 e. The number of rotatable bonds is 5. The molecule has 12 rings (SSSR count). The van der Waals surface area contributed by atoms with Crippen molar-refractivity contribution in [2.24, 2.45) is 0 Å². The molecule has 12 aromatic rings. The van der Waals surface area contributed by atoms with E-state index in [1.165, 1.54) is 64.0 Å². The molecule has 57 heavy (non-hydrogen) atoms. The van der Waals surface area contributed by atoms with Crippen molar-refractivity contribution in [3.05, 3.63) is 194 Å². The van der Waals surface area contributed by atoms with Gasteiger partial charge in [0.1, 0.15) is 5.82 Å². The molecule has 0 amide bonds. The Labute approximate surface area is 332 Å². The van der Waals surface area contributed by atoms with E-state index in [9.17, 15) is 0 Å². The van der Waals surface area contributed by atoms with E-state index in [4.69, 9.17) is 9.97 Å². The van der Waals surface area contributed by atoms with Gasteiger partial charge in [-0.15, -0.1) is 11.3 Å². The molecule has 0 spiro atoms. The Balaban J connectivity index is 1.13. The van der Waals surface area contributed by atoms with Crippen molar-refractivity contribution in [3.8, 4) is 45.3 Å². The van der Waals surface area contributed by atoms with Gasteiger partial charge in [-0.3, -0.25) is 4.57 Å². The van der Waals surface area contributed by atoms with Crippen LogP contribution in [0.5, 0.6) is 0 Å². The van der Waals surface area contributed by atoms with Crippen molar-refractivity contribution in [1.82, 2.24) is 19.1 Å². The summed E-state index contributed by atoms with van der Waals surface area (Å²) in [6, 6.07) is 69.3. The predicted molar refractivity (Wildman–Crippen MR) is 240 cm³/mol. The first kappa shape index (κ1) is 32.0. The average Bonchev–Trinajstić information content (AvgIpc) is 3.95. The van der Waals surface area contributed by atoms with E-state index in [0.717, 1.165) is 39.2 Å². The molecule has 0 saturated heterocycles. The number of nitrogens with zero attached hydrogens (tertiary/aromatic N) is 4. The number of benzene rings is 8. The lowest BCUT2D eigenvalue weighted by Gasteiger charge is -2.13. The maximum absolute atomic E-state index is 5.37. The summed E-state index contributed by atoms with van der Waals surface area (Å²) in [5, 5.41) is 7.47. The molecule has 0 aliphatic heterocycles. The van der Waals surface area contributed by atoms with Crippen LogP contribution in [0.25, 0.3) is 109 Å². The van der Waals surface area contributed by atoms with Gasteiger partial charge in [0.15, 0.2) is 5.82 Å². The Kier molecular flexibility index (Phi) is 7.06. The first-order chi connectivity index (χ1) is 28.3. The third kappa shape index (κ3) is 4.93. The minimum absolute atomic E-state index is 0.686. The third-order valence-electron chi connectivity index (χ3n) is 11.4. The highest BCUT2D eigenvalue weighted by molar-refractivity contribution is 7.26. The van der Waals surface area contributed by atoms with Crippen LogP contribution in [0.2, 0.25) is 0 Å². The van der Waals surface area contributed by atoms with Crippen molar-refractivity contribution < 1.29 is 0 Å². The molecule has 0 atom stereocenters. The van der Waals surface area contributed by atoms with Crippen LogP contribution in [-0.4, -0.2) is 19.1 Å². The van der Waals surface area contributed by atoms with Crippen molar-refractivity contribution in [2.45, 2.75) is 0 Å². The summed E-state index contributed by atoms with van der Waals surface area (Å²) in [5.41, 5.74) is 11.0. The van der Waals surface area contributed by atoms with Crippen LogP contribution in [0.4, 0.5) is 0 Å². The van der Waals surface area contributed by atoms with E-state index in [2.05, 4.69) is 191 Å². The molecule has 4 nitrogen and oxygen atoms in total. The minimum atomic E-state index is 0.686. The zero-order valence-electron chi connectivity index (χ0n) is 30.7. The molecule has 0 saturated carbocycles. The molecule has 4 heterocycles. The second-order valence-corrected chi connectivity index (χ2v) is 15.6. The number of para-hydroxylation sites is 2. The summed E-state index contributed by atoms with van der Waals surface area (Å²) >= 11 is 1.87. The number of aromatic nitrogens is 4. The molecule has 0 unspecified atom stereocenters. The normalized spacial score (nSPS) is 11.9. The Morgan fingerprint density at radius 1 is 0.368 bits per heavy atom. The molecular weight excluding hydrogens is 713 g/mol. The Hall–Kier alpha value is -7.34. The quantitative estimate of drug-likeness (QED) is 0.176. The van der Waals surface area contributed by atoms with Crippen LogP contribution in [0, 0.1) is 0 Å². The molecule has 0 radical (unpaired) electrons. The summed E-state index contributed by atoms with van der Waals surface area (Å²) in [6.45, 7) is 0. The van der Waals surface area contributed by atoms with Gasteiger partial charge in [-0.2, -0.15) is 0 Å². The molecule has 8 aromatic carbocycles. The molecule has 4 aromatic heterocycles. The standard InChI is InChI=1S/C52H32N4S/c1-3-14-33(15-4-1)34-26-28-36(29-27-34)52-53-41(35-16-5-2-6-17-35)32-48(54-52)56-43-23-11-8-20-40(43)50-45(56)31-30-44-49(50)39-19-7-10-22-42(39)55(44)46-24-13-21-38-37-18-9-12-25-47(37)57-51(38)46/h1-32H. The van der Waals surface area contributed by atoms with Crippen LogP contribution < -0.4 is 0 Å². The maximum Gasteiger partial charge on any atom is 0.162 e. The number of hydrogen-bond acceptors (Lipinski definition) is 3. The largest absolute Gasteiger partial charge is 0.308 e. The first-order valence-corrected chi connectivity index (χ1v) is 20.1. The highest BCUT2D eigenvalue weighted by atomic mass is 32.1. The van der Waals surface area contributed by atoms with Gasteiger partial charge in [0.2, 0.25) is 0 Å². The summed E-state index contributed by atoms with van der Waals surface area (Å²) < 4.78 is 7.41. The summed E-state index contributed by atoms with van der Waals surface area (Å²) in [6.07, 6.45) is 0. The number of thiophene rings is 1. The van der Waals surface area contributed by atoms with E-state index in [1.54, 1.807) is 0 Å². The number of hydrogen-bond donors (Lipinski definition) is 0. The number of fused-ring (bicyclic) bond motifs is 10. The van der Waals surface area contributed by atoms with Gasteiger partial charge in [-0.25, -0.2) is 9.97 Å². The second-order valence-electron chi connectivity index (χ2n) is 14.6. The molecule has 5 heteroatoms.